The van der Waals surface area contributed by atoms with Crippen LogP contribution in [0.15, 0.2) is 10.9 Å². The first kappa shape index (κ1) is 11.9. The molecule has 7 heteroatoms. The van der Waals surface area contributed by atoms with Crippen molar-refractivity contribution < 1.29 is 4.79 Å². The summed E-state index contributed by atoms with van der Waals surface area (Å²) in [5.41, 5.74) is 5.52. The molecule has 94 valence electrons. The van der Waals surface area contributed by atoms with Crippen LogP contribution in [0.4, 0.5) is 0 Å². The van der Waals surface area contributed by atoms with Crippen LogP contribution >= 0.6 is 0 Å². The fraction of sp³-hybridized carbons (Fsp3) is 0.600. The Morgan fingerprint density at radius 2 is 2.00 bits per heavy atom. The van der Waals surface area contributed by atoms with Crippen molar-refractivity contribution in [2.24, 2.45) is 5.73 Å². The lowest BCUT2D eigenvalue weighted by atomic mass is 10.2. The number of rotatable bonds is 3. The van der Waals surface area contributed by atoms with Crippen LogP contribution in [-0.2, 0) is 0 Å². The molecule has 0 saturated carbocycles. The lowest BCUT2D eigenvalue weighted by molar-refractivity contribution is 0.0635. The number of carbonyl (C=O) groups excluding carboxylic acids is 1. The molecule has 0 unspecified atom stereocenters. The number of nitrogens with one attached hydrogen (secondary N) is 2. The van der Waals surface area contributed by atoms with E-state index in [1.54, 1.807) is 4.90 Å². The van der Waals surface area contributed by atoms with Crippen molar-refractivity contribution in [3.63, 3.8) is 0 Å². The molecule has 1 aromatic rings. The van der Waals surface area contributed by atoms with Crippen LogP contribution in [0.2, 0.25) is 0 Å². The highest BCUT2D eigenvalue weighted by Gasteiger charge is 2.22. The molecule has 17 heavy (non-hydrogen) atoms. The predicted octanol–water partition coefficient (Wildman–Crippen LogP) is -1.58. The number of aromatic nitrogens is 2. The van der Waals surface area contributed by atoms with Gasteiger partial charge >= 0.3 is 0 Å². The molecule has 0 aliphatic carbocycles. The monoisotopic (exact) mass is 239 g/mol. The Labute approximate surface area is 98.6 Å². The van der Waals surface area contributed by atoms with E-state index in [2.05, 4.69) is 15.1 Å². The normalized spacial score (nSPS) is 17.4. The van der Waals surface area contributed by atoms with Gasteiger partial charge in [0.05, 0.1) is 0 Å². The predicted molar refractivity (Wildman–Crippen MR) is 62.8 cm³/mol. The Balaban J connectivity index is 1.92. The lowest BCUT2D eigenvalue weighted by Crippen LogP contribution is -2.49. The van der Waals surface area contributed by atoms with Crippen LogP contribution in [0.1, 0.15) is 10.5 Å². The molecule has 1 aromatic heterocycles. The van der Waals surface area contributed by atoms with E-state index in [4.69, 9.17) is 5.73 Å². The molecular formula is C10H17N5O2. The zero-order chi connectivity index (χ0) is 12.3. The van der Waals surface area contributed by atoms with E-state index < -0.39 is 0 Å². The maximum atomic E-state index is 12.0. The molecule has 1 aliphatic rings. The molecule has 2 heterocycles. The molecule has 1 aliphatic heterocycles. The Morgan fingerprint density at radius 1 is 1.29 bits per heavy atom. The molecule has 0 radical (unpaired) electrons. The van der Waals surface area contributed by atoms with Gasteiger partial charge in [-0.05, 0) is 0 Å². The van der Waals surface area contributed by atoms with Gasteiger partial charge in [-0.15, -0.1) is 0 Å². The van der Waals surface area contributed by atoms with Gasteiger partial charge in [0.25, 0.3) is 11.5 Å². The van der Waals surface area contributed by atoms with Crippen LogP contribution in [0.25, 0.3) is 0 Å². The van der Waals surface area contributed by atoms with E-state index >= 15 is 0 Å². The molecule has 0 aromatic carbocycles. The topological polar surface area (TPSA) is 98.2 Å². The average molecular weight is 239 g/mol. The van der Waals surface area contributed by atoms with Gasteiger partial charge in [0.2, 0.25) is 0 Å². The van der Waals surface area contributed by atoms with Crippen molar-refractivity contribution in [2.45, 2.75) is 0 Å². The van der Waals surface area contributed by atoms with E-state index in [1.807, 2.05) is 0 Å². The number of H-pyrrole nitrogens is 2. The van der Waals surface area contributed by atoms with Gasteiger partial charge in [-0.2, -0.15) is 0 Å². The van der Waals surface area contributed by atoms with Crippen molar-refractivity contribution in [1.82, 2.24) is 20.0 Å². The molecule has 1 amide bonds. The first-order valence-electron chi connectivity index (χ1n) is 5.70. The second-order valence-corrected chi connectivity index (χ2v) is 4.09. The van der Waals surface area contributed by atoms with E-state index in [0.717, 1.165) is 19.6 Å². The molecule has 0 bridgehead atoms. The SMILES string of the molecule is NCCN1CCN(C(=O)c2cc(=O)[nH][nH]2)CC1. The van der Waals surface area contributed by atoms with Gasteiger partial charge in [0.15, 0.2) is 0 Å². The van der Waals surface area contributed by atoms with Gasteiger partial charge in [0.1, 0.15) is 5.69 Å². The summed E-state index contributed by atoms with van der Waals surface area (Å²) < 4.78 is 0. The summed E-state index contributed by atoms with van der Waals surface area (Å²) in [6, 6.07) is 1.29. The summed E-state index contributed by atoms with van der Waals surface area (Å²) in [6.07, 6.45) is 0. The number of carbonyl (C=O) groups is 1. The van der Waals surface area contributed by atoms with Crippen LogP contribution in [0, 0.1) is 0 Å². The standard InChI is InChI=1S/C10H17N5O2/c11-1-2-14-3-5-15(6-4-14)10(17)8-7-9(16)13-12-8/h7H,1-6,11H2,(H2,12,13,16). The summed E-state index contributed by atoms with van der Waals surface area (Å²) in [4.78, 5) is 26.9. The Bertz CT molecular complexity index is 430. The van der Waals surface area contributed by atoms with E-state index in [-0.39, 0.29) is 11.5 Å². The minimum absolute atomic E-state index is 0.129. The molecule has 1 fully saturated rings. The van der Waals surface area contributed by atoms with Gasteiger partial charge in [-0.1, -0.05) is 0 Å². The Morgan fingerprint density at radius 3 is 2.53 bits per heavy atom. The van der Waals surface area contributed by atoms with Crippen LogP contribution in [0.3, 0.4) is 0 Å². The molecule has 2 rings (SSSR count). The van der Waals surface area contributed by atoms with Gasteiger partial charge in [-0.3, -0.25) is 24.7 Å². The first-order chi connectivity index (χ1) is 8.20. The number of nitrogens with two attached hydrogens (primary N) is 1. The van der Waals surface area contributed by atoms with Crippen LogP contribution in [0.5, 0.6) is 0 Å². The Hall–Kier alpha value is -1.60. The van der Waals surface area contributed by atoms with Gasteiger partial charge in [-0.25, -0.2) is 0 Å². The number of hydrogen-bond donors (Lipinski definition) is 3. The fourth-order valence-corrected chi connectivity index (χ4v) is 1.97. The quantitative estimate of drug-likeness (QED) is 0.593. The van der Waals surface area contributed by atoms with Crippen molar-refractivity contribution >= 4 is 5.91 Å². The van der Waals surface area contributed by atoms with E-state index in [9.17, 15) is 9.59 Å². The number of hydrogen-bond acceptors (Lipinski definition) is 4. The second kappa shape index (κ2) is 5.15. The van der Waals surface area contributed by atoms with E-state index in [0.29, 0.717) is 25.3 Å². The summed E-state index contributed by atoms with van der Waals surface area (Å²) >= 11 is 0. The maximum absolute atomic E-state index is 12.0. The summed E-state index contributed by atoms with van der Waals surface area (Å²) in [5.74, 6) is -0.129. The smallest absolute Gasteiger partial charge is 0.272 e. The number of aromatic amines is 2. The number of piperazine rings is 1. The third-order valence-corrected chi connectivity index (χ3v) is 2.93. The van der Waals surface area contributed by atoms with Crippen molar-refractivity contribution in [2.75, 3.05) is 39.3 Å². The molecule has 0 spiro atoms. The lowest BCUT2D eigenvalue weighted by Gasteiger charge is -2.34. The van der Waals surface area contributed by atoms with Gasteiger partial charge < -0.3 is 10.6 Å². The minimum atomic E-state index is -0.282. The van der Waals surface area contributed by atoms with Crippen molar-refractivity contribution in [3.05, 3.63) is 22.1 Å². The number of amides is 1. The van der Waals surface area contributed by atoms with E-state index in [1.165, 1.54) is 6.07 Å². The first-order valence-corrected chi connectivity index (χ1v) is 5.70. The Kier molecular flexibility index (Phi) is 3.60. The highest BCUT2D eigenvalue weighted by atomic mass is 16.2. The fourth-order valence-electron chi connectivity index (χ4n) is 1.97. The molecular weight excluding hydrogens is 222 g/mol. The minimum Gasteiger partial charge on any atom is -0.335 e. The summed E-state index contributed by atoms with van der Waals surface area (Å²) in [6.45, 7) is 4.51. The molecule has 1 saturated heterocycles. The van der Waals surface area contributed by atoms with Gasteiger partial charge in [0, 0.05) is 45.3 Å². The van der Waals surface area contributed by atoms with Crippen LogP contribution in [-0.4, -0.2) is 65.2 Å². The van der Waals surface area contributed by atoms with Crippen LogP contribution < -0.4 is 11.3 Å². The summed E-state index contributed by atoms with van der Waals surface area (Å²) in [5, 5.41) is 4.94. The largest absolute Gasteiger partial charge is 0.335 e. The van der Waals surface area contributed by atoms with Crippen molar-refractivity contribution in [1.29, 1.82) is 0 Å². The zero-order valence-corrected chi connectivity index (χ0v) is 9.61. The zero-order valence-electron chi connectivity index (χ0n) is 9.61. The maximum Gasteiger partial charge on any atom is 0.272 e. The number of nitrogens with zero attached hydrogens (tertiary/aromatic N) is 2. The summed E-state index contributed by atoms with van der Waals surface area (Å²) in [7, 11) is 0. The third-order valence-electron chi connectivity index (χ3n) is 2.93. The average Bonchev–Trinajstić information content (AvgIpc) is 2.76. The molecule has 0 atom stereocenters. The highest BCUT2D eigenvalue weighted by Crippen LogP contribution is 2.05. The highest BCUT2D eigenvalue weighted by molar-refractivity contribution is 5.92. The third kappa shape index (κ3) is 2.75. The molecule has 7 nitrogen and oxygen atoms in total. The molecule has 4 N–H and O–H groups in total. The second-order valence-electron chi connectivity index (χ2n) is 4.09. The van der Waals surface area contributed by atoms with Crippen molar-refractivity contribution in [3.8, 4) is 0 Å².